The summed E-state index contributed by atoms with van der Waals surface area (Å²) in [6.07, 6.45) is 5.81. The Labute approximate surface area is 121 Å². The summed E-state index contributed by atoms with van der Waals surface area (Å²) >= 11 is 0. The molecular formula is C17H25N3. The van der Waals surface area contributed by atoms with Gasteiger partial charge in [-0.2, -0.15) is 0 Å². The minimum Gasteiger partial charge on any atom is -0.330 e. The van der Waals surface area contributed by atoms with E-state index in [9.17, 15) is 0 Å². The highest BCUT2D eigenvalue weighted by Crippen LogP contribution is 2.23. The largest absolute Gasteiger partial charge is 0.330 e. The van der Waals surface area contributed by atoms with Gasteiger partial charge in [0, 0.05) is 12.2 Å². The van der Waals surface area contributed by atoms with Crippen LogP contribution in [0.3, 0.4) is 0 Å². The van der Waals surface area contributed by atoms with Crippen molar-refractivity contribution >= 4 is 0 Å². The highest BCUT2D eigenvalue weighted by atomic mass is 15.1. The van der Waals surface area contributed by atoms with Crippen LogP contribution in [0.4, 0.5) is 0 Å². The van der Waals surface area contributed by atoms with Crippen LogP contribution in [0, 0.1) is 5.92 Å². The number of nitrogens with zero attached hydrogens (tertiary/aromatic N) is 2. The fraction of sp³-hybridized carbons (Fsp3) is 0.471. The topological polar surface area (TPSA) is 43.8 Å². The molecule has 108 valence electrons. The summed E-state index contributed by atoms with van der Waals surface area (Å²) in [6, 6.07) is 10.8. The van der Waals surface area contributed by atoms with E-state index < -0.39 is 0 Å². The van der Waals surface area contributed by atoms with Crippen molar-refractivity contribution in [1.29, 1.82) is 0 Å². The molecule has 0 spiro atoms. The first-order valence-electron chi connectivity index (χ1n) is 7.39. The number of hydrogen-bond acceptors (Lipinski definition) is 2. The van der Waals surface area contributed by atoms with Crippen molar-refractivity contribution in [2.45, 2.75) is 45.7 Å². The average molecular weight is 271 g/mol. The molecule has 0 saturated heterocycles. The standard InChI is InChI=1S/C17H25N3/c1-13(2)9-14(3)20-12-19-11-17(20)16(18)10-15-7-5-4-6-8-15/h4-8,11-14,16H,9-10,18H2,1-3H3/t14?,16-/m1/s1. The van der Waals surface area contributed by atoms with E-state index in [4.69, 9.17) is 5.73 Å². The zero-order valence-corrected chi connectivity index (χ0v) is 12.7. The summed E-state index contributed by atoms with van der Waals surface area (Å²) < 4.78 is 2.23. The van der Waals surface area contributed by atoms with Crippen molar-refractivity contribution in [2.24, 2.45) is 11.7 Å². The molecule has 0 aliphatic carbocycles. The molecule has 3 nitrogen and oxygen atoms in total. The summed E-state index contributed by atoms with van der Waals surface area (Å²) in [5, 5.41) is 0. The quantitative estimate of drug-likeness (QED) is 0.870. The van der Waals surface area contributed by atoms with Crippen molar-refractivity contribution < 1.29 is 0 Å². The molecule has 1 aromatic carbocycles. The van der Waals surface area contributed by atoms with Crippen LogP contribution in [-0.2, 0) is 6.42 Å². The maximum atomic E-state index is 6.38. The Morgan fingerprint density at radius 2 is 1.85 bits per heavy atom. The molecule has 0 aliphatic heterocycles. The highest BCUT2D eigenvalue weighted by molar-refractivity contribution is 5.18. The Bertz CT molecular complexity index is 516. The second kappa shape index (κ2) is 6.71. The summed E-state index contributed by atoms with van der Waals surface area (Å²) in [5.74, 6) is 0.672. The third kappa shape index (κ3) is 3.70. The summed E-state index contributed by atoms with van der Waals surface area (Å²) in [7, 11) is 0. The fourth-order valence-electron chi connectivity index (χ4n) is 2.74. The molecule has 3 heteroatoms. The van der Waals surface area contributed by atoms with Crippen LogP contribution in [0.15, 0.2) is 42.9 Å². The average Bonchev–Trinajstić information content (AvgIpc) is 2.88. The molecular weight excluding hydrogens is 246 g/mol. The lowest BCUT2D eigenvalue weighted by molar-refractivity contribution is 0.411. The van der Waals surface area contributed by atoms with Crippen LogP contribution in [0.25, 0.3) is 0 Å². The molecule has 0 fully saturated rings. The van der Waals surface area contributed by atoms with Gasteiger partial charge in [0.1, 0.15) is 0 Å². The number of hydrogen-bond donors (Lipinski definition) is 1. The van der Waals surface area contributed by atoms with Crippen LogP contribution in [0.5, 0.6) is 0 Å². The molecule has 0 bridgehead atoms. The van der Waals surface area contributed by atoms with Crippen molar-refractivity contribution in [1.82, 2.24) is 9.55 Å². The van der Waals surface area contributed by atoms with Gasteiger partial charge in [0.05, 0.1) is 18.1 Å². The van der Waals surface area contributed by atoms with Crippen LogP contribution < -0.4 is 5.73 Å². The summed E-state index contributed by atoms with van der Waals surface area (Å²) in [5.41, 5.74) is 8.77. The molecule has 1 heterocycles. The highest BCUT2D eigenvalue weighted by Gasteiger charge is 2.16. The molecule has 20 heavy (non-hydrogen) atoms. The maximum absolute atomic E-state index is 6.38. The molecule has 0 saturated carbocycles. The molecule has 2 aromatic rings. The monoisotopic (exact) mass is 271 g/mol. The number of nitrogens with two attached hydrogens (primary N) is 1. The summed E-state index contributed by atoms with van der Waals surface area (Å²) in [4.78, 5) is 4.30. The van der Waals surface area contributed by atoms with Gasteiger partial charge in [-0.25, -0.2) is 4.98 Å². The van der Waals surface area contributed by atoms with E-state index in [1.54, 1.807) is 0 Å². The van der Waals surface area contributed by atoms with Gasteiger partial charge >= 0.3 is 0 Å². The Morgan fingerprint density at radius 3 is 2.50 bits per heavy atom. The molecule has 0 amide bonds. The maximum Gasteiger partial charge on any atom is 0.0951 e. The van der Waals surface area contributed by atoms with E-state index in [0.717, 1.165) is 18.5 Å². The second-order valence-corrected chi connectivity index (χ2v) is 6.00. The van der Waals surface area contributed by atoms with Crippen LogP contribution >= 0.6 is 0 Å². The Balaban J connectivity index is 2.11. The number of aromatic nitrogens is 2. The van der Waals surface area contributed by atoms with Crippen molar-refractivity contribution in [2.75, 3.05) is 0 Å². The fourth-order valence-corrected chi connectivity index (χ4v) is 2.74. The first-order chi connectivity index (χ1) is 9.58. The first kappa shape index (κ1) is 14.8. The van der Waals surface area contributed by atoms with Crippen molar-refractivity contribution in [3.8, 4) is 0 Å². The van der Waals surface area contributed by atoms with Gasteiger partial charge in [0.2, 0.25) is 0 Å². The lowest BCUT2D eigenvalue weighted by Crippen LogP contribution is -2.20. The zero-order chi connectivity index (χ0) is 14.5. The predicted molar refractivity (Wildman–Crippen MR) is 83.5 cm³/mol. The molecule has 1 aromatic heterocycles. The van der Waals surface area contributed by atoms with Crippen LogP contribution in [-0.4, -0.2) is 9.55 Å². The number of imidazole rings is 1. The number of benzene rings is 1. The molecule has 2 atom stereocenters. The number of rotatable bonds is 6. The lowest BCUT2D eigenvalue weighted by Gasteiger charge is -2.21. The third-order valence-electron chi connectivity index (χ3n) is 3.66. The zero-order valence-electron chi connectivity index (χ0n) is 12.7. The molecule has 2 rings (SSSR count). The molecule has 1 unspecified atom stereocenters. The molecule has 2 N–H and O–H groups in total. The molecule has 0 radical (unpaired) electrons. The van der Waals surface area contributed by atoms with Crippen LogP contribution in [0.1, 0.15) is 50.5 Å². The van der Waals surface area contributed by atoms with Gasteiger partial charge in [-0.05, 0) is 31.2 Å². The summed E-state index contributed by atoms with van der Waals surface area (Å²) in [6.45, 7) is 6.73. The minimum atomic E-state index is -0.00508. The van der Waals surface area contributed by atoms with E-state index >= 15 is 0 Å². The van der Waals surface area contributed by atoms with Crippen molar-refractivity contribution in [3.63, 3.8) is 0 Å². The van der Waals surface area contributed by atoms with E-state index in [1.165, 1.54) is 5.56 Å². The van der Waals surface area contributed by atoms with E-state index in [-0.39, 0.29) is 6.04 Å². The van der Waals surface area contributed by atoms with Gasteiger partial charge < -0.3 is 10.3 Å². The predicted octanol–water partition coefficient (Wildman–Crippen LogP) is 3.73. The Morgan fingerprint density at radius 1 is 1.15 bits per heavy atom. The minimum absolute atomic E-state index is 0.00508. The van der Waals surface area contributed by atoms with E-state index in [2.05, 4.69) is 54.6 Å². The van der Waals surface area contributed by atoms with Gasteiger partial charge in [-0.1, -0.05) is 44.2 Å². The molecule has 0 aliphatic rings. The second-order valence-electron chi connectivity index (χ2n) is 6.00. The van der Waals surface area contributed by atoms with E-state index in [1.807, 2.05) is 18.6 Å². The smallest absolute Gasteiger partial charge is 0.0951 e. The SMILES string of the molecule is CC(C)CC(C)n1cncc1[C@H](N)Cc1ccccc1. The van der Waals surface area contributed by atoms with Crippen LogP contribution in [0.2, 0.25) is 0 Å². The van der Waals surface area contributed by atoms with Gasteiger partial charge in [0.25, 0.3) is 0 Å². The van der Waals surface area contributed by atoms with Gasteiger partial charge in [-0.15, -0.1) is 0 Å². The third-order valence-corrected chi connectivity index (χ3v) is 3.66. The first-order valence-corrected chi connectivity index (χ1v) is 7.39. The van der Waals surface area contributed by atoms with Gasteiger partial charge in [0.15, 0.2) is 0 Å². The normalized spacial score (nSPS) is 14.4. The van der Waals surface area contributed by atoms with Gasteiger partial charge in [-0.3, -0.25) is 0 Å². The van der Waals surface area contributed by atoms with Crippen molar-refractivity contribution in [3.05, 3.63) is 54.1 Å². The lowest BCUT2D eigenvalue weighted by atomic mass is 10.0. The Hall–Kier alpha value is -1.61. The van der Waals surface area contributed by atoms with E-state index in [0.29, 0.717) is 12.0 Å². The Kier molecular flexibility index (Phi) is 4.96.